The Morgan fingerprint density at radius 1 is 1.17 bits per heavy atom. The summed E-state index contributed by atoms with van der Waals surface area (Å²) in [6, 6.07) is 7.97. The number of benzene rings is 1. The number of hydrogen-bond acceptors (Lipinski definition) is 4. The summed E-state index contributed by atoms with van der Waals surface area (Å²) < 4.78 is 13.1. The maximum Gasteiger partial charge on any atom is 0.191 e. The van der Waals surface area contributed by atoms with E-state index in [4.69, 9.17) is 14.4 Å². The van der Waals surface area contributed by atoms with Crippen molar-refractivity contribution in [2.24, 2.45) is 0 Å². The molecule has 3 nitrogen and oxygen atoms in total. The maximum atomic E-state index is 9.14. The normalized spacial score (nSPS) is 12.3. The lowest BCUT2D eigenvalue weighted by atomic mass is 10.1. The van der Waals surface area contributed by atoms with Crippen LogP contribution in [0.15, 0.2) is 23.6 Å². The summed E-state index contributed by atoms with van der Waals surface area (Å²) in [7, 11) is -1.67. The fourth-order valence-corrected chi connectivity index (χ4v) is 4.00. The van der Waals surface area contributed by atoms with Crippen molar-refractivity contribution in [1.29, 1.82) is 5.26 Å². The lowest BCUT2D eigenvalue weighted by molar-refractivity contribution is 0.235. The Hall–Kier alpha value is -1.35. The van der Waals surface area contributed by atoms with Gasteiger partial charge >= 0.3 is 0 Å². The second kappa shape index (κ2) is 7.04. The third-order valence-electron chi connectivity index (χ3n) is 4.51. The molecule has 1 aromatic carbocycles. The summed E-state index contributed by atoms with van der Waals surface area (Å²) >= 11 is 1.58. The highest BCUT2D eigenvalue weighted by Gasteiger charge is 2.36. The van der Waals surface area contributed by atoms with Gasteiger partial charge in [0.2, 0.25) is 0 Å². The lowest BCUT2D eigenvalue weighted by Gasteiger charge is -2.36. The molecule has 0 fully saturated rings. The molecule has 23 heavy (non-hydrogen) atoms. The fraction of sp³-hybridized carbons (Fsp3) is 0.500. The Kier molecular flexibility index (Phi) is 5.51. The molecule has 0 saturated heterocycles. The van der Waals surface area contributed by atoms with Crippen LogP contribution >= 0.6 is 11.3 Å². The summed E-state index contributed by atoms with van der Waals surface area (Å²) in [6.45, 7) is 12.6. The zero-order chi connectivity index (χ0) is 17.1. The Labute approximate surface area is 144 Å². The van der Waals surface area contributed by atoms with Gasteiger partial charge in [0.15, 0.2) is 8.32 Å². The van der Waals surface area contributed by atoms with Crippen LogP contribution in [0, 0.1) is 11.3 Å². The van der Waals surface area contributed by atoms with E-state index < -0.39 is 8.32 Å². The lowest BCUT2D eigenvalue weighted by Crippen LogP contribution is -2.41. The molecule has 0 bridgehead atoms. The highest BCUT2D eigenvalue weighted by atomic mass is 32.1. The van der Waals surface area contributed by atoms with Gasteiger partial charge in [-0.2, -0.15) is 5.26 Å². The van der Waals surface area contributed by atoms with Gasteiger partial charge in [-0.15, -0.1) is 11.3 Å². The van der Waals surface area contributed by atoms with E-state index in [-0.39, 0.29) is 5.04 Å². The molecule has 0 N–H and O–H groups in total. The average molecular weight is 348 g/mol. The first-order chi connectivity index (χ1) is 10.8. The molecule has 2 rings (SSSR count). The summed E-state index contributed by atoms with van der Waals surface area (Å²) in [4.78, 5) is 0. The van der Waals surface area contributed by atoms with E-state index in [0.29, 0.717) is 12.2 Å². The van der Waals surface area contributed by atoms with Crippen molar-refractivity contribution in [3.63, 3.8) is 0 Å². The smallest absolute Gasteiger partial charge is 0.191 e. The quantitative estimate of drug-likeness (QED) is 0.507. The molecule has 2 aromatic rings. The van der Waals surface area contributed by atoms with Crippen molar-refractivity contribution in [2.45, 2.75) is 45.3 Å². The van der Waals surface area contributed by atoms with E-state index in [1.54, 1.807) is 11.3 Å². The average Bonchev–Trinajstić information content (AvgIpc) is 2.95. The molecule has 0 aliphatic rings. The number of fused-ring (bicyclic) bond motifs is 1. The molecule has 0 spiro atoms. The summed E-state index contributed by atoms with van der Waals surface area (Å²) in [5.41, 5.74) is 0.712. The molecule has 0 amide bonds. The molecule has 0 radical (unpaired) electrons. The van der Waals surface area contributed by atoms with Crippen molar-refractivity contribution in [2.75, 3.05) is 13.2 Å². The molecule has 124 valence electrons. The topological polar surface area (TPSA) is 42.2 Å². The zero-order valence-corrected chi connectivity index (χ0v) is 16.4. The Bertz CT molecular complexity index is 710. The third-order valence-corrected chi connectivity index (χ3v) is 10.00. The van der Waals surface area contributed by atoms with E-state index >= 15 is 0 Å². The molecule has 5 heteroatoms. The summed E-state index contributed by atoms with van der Waals surface area (Å²) in [5, 5.41) is 12.4. The SMILES string of the molecule is CC(C)(C)[Si](C)(C)OCCCOc1ccc(C#N)c2sccc12. The predicted octanol–water partition coefficient (Wildman–Crippen LogP) is 5.56. The first kappa shape index (κ1) is 18.0. The molecular formula is C18H25NO2SSi. The van der Waals surface area contributed by atoms with Gasteiger partial charge in [0.1, 0.15) is 11.8 Å². The largest absolute Gasteiger partial charge is 0.493 e. The minimum absolute atomic E-state index is 0.240. The molecule has 0 atom stereocenters. The highest BCUT2D eigenvalue weighted by molar-refractivity contribution is 7.17. The number of ether oxygens (including phenoxy) is 1. The number of thiophene rings is 1. The predicted molar refractivity (Wildman–Crippen MR) is 99.8 cm³/mol. The highest BCUT2D eigenvalue weighted by Crippen LogP contribution is 2.36. The fourth-order valence-electron chi connectivity index (χ4n) is 2.04. The van der Waals surface area contributed by atoms with E-state index in [2.05, 4.69) is 39.9 Å². The number of nitriles is 1. The first-order valence-electron chi connectivity index (χ1n) is 7.93. The van der Waals surface area contributed by atoms with Gasteiger partial charge in [-0.25, -0.2) is 0 Å². The van der Waals surface area contributed by atoms with Gasteiger partial charge < -0.3 is 9.16 Å². The zero-order valence-electron chi connectivity index (χ0n) is 14.6. The van der Waals surface area contributed by atoms with E-state index in [1.807, 2.05) is 23.6 Å². The molecular weight excluding hydrogens is 322 g/mol. The molecule has 1 heterocycles. The Morgan fingerprint density at radius 2 is 1.91 bits per heavy atom. The van der Waals surface area contributed by atoms with E-state index in [9.17, 15) is 0 Å². The van der Waals surface area contributed by atoms with Crippen LogP contribution in [0.4, 0.5) is 0 Å². The summed E-state index contributed by atoms with van der Waals surface area (Å²) in [5.74, 6) is 0.854. The van der Waals surface area contributed by atoms with Gasteiger partial charge in [-0.05, 0) is 41.7 Å². The molecule has 1 aromatic heterocycles. The second-order valence-electron chi connectivity index (χ2n) is 7.20. The Balaban J connectivity index is 1.89. The standard InChI is InChI=1S/C18H25NO2SSi/c1-18(2,3)23(4,5)21-11-6-10-20-16-8-7-14(13-19)17-15(16)9-12-22-17/h7-9,12H,6,10-11H2,1-5H3. The van der Waals surface area contributed by atoms with Crippen LogP contribution in [0.5, 0.6) is 5.75 Å². The Morgan fingerprint density at radius 3 is 2.57 bits per heavy atom. The maximum absolute atomic E-state index is 9.14. The monoisotopic (exact) mass is 347 g/mol. The van der Waals surface area contributed by atoms with Crippen LogP contribution in [-0.2, 0) is 4.43 Å². The number of nitrogens with zero attached hydrogens (tertiary/aromatic N) is 1. The molecule has 0 aliphatic heterocycles. The van der Waals surface area contributed by atoms with Crippen molar-refractivity contribution < 1.29 is 9.16 Å². The van der Waals surface area contributed by atoms with Gasteiger partial charge in [0.25, 0.3) is 0 Å². The van der Waals surface area contributed by atoms with Crippen molar-refractivity contribution in [3.05, 3.63) is 29.1 Å². The van der Waals surface area contributed by atoms with Crippen LogP contribution in [-0.4, -0.2) is 21.5 Å². The van der Waals surface area contributed by atoms with Crippen molar-refractivity contribution >= 4 is 29.7 Å². The molecule has 0 saturated carbocycles. The van der Waals surface area contributed by atoms with Gasteiger partial charge in [0.05, 0.1) is 16.9 Å². The van der Waals surface area contributed by atoms with Gasteiger partial charge in [-0.1, -0.05) is 20.8 Å². The second-order valence-corrected chi connectivity index (χ2v) is 12.9. The van der Waals surface area contributed by atoms with E-state index in [1.165, 1.54) is 0 Å². The van der Waals surface area contributed by atoms with Crippen molar-refractivity contribution in [1.82, 2.24) is 0 Å². The van der Waals surface area contributed by atoms with Gasteiger partial charge in [-0.3, -0.25) is 0 Å². The number of rotatable bonds is 6. The first-order valence-corrected chi connectivity index (χ1v) is 11.7. The van der Waals surface area contributed by atoms with Crippen LogP contribution in [0.2, 0.25) is 18.1 Å². The molecule has 0 unspecified atom stereocenters. The molecule has 0 aliphatic carbocycles. The third kappa shape index (κ3) is 4.14. The number of hydrogen-bond donors (Lipinski definition) is 0. The van der Waals surface area contributed by atoms with Crippen LogP contribution in [0.3, 0.4) is 0 Å². The van der Waals surface area contributed by atoms with Crippen LogP contribution < -0.4 is 4.74 Å². The van der Waals surface area contributed by atoms with Crippen LogP contribution in [0.1, 0.15) is 32.8 Å². The summed E-state index contributed by atoms with van der Waals surface area (Å²) in [6.07, 6.45) is 0.873. The van der Waals surface area contributed by atoms with E-state index in [0.717, 1.165) is 28.9 Å². The minimum Gasteiger partial charge on any atom is -0.493 e. The van der Waals surface area contributed by atoms with Crippen molar-refractivity contribution in [3.8, 4) is 11.8 Å². The minimum atomic E-state index is -1.67. The van der Waals surface area contributed by atoms with Crippen LogP contribution in [0.25, 0.3) is 10.1 Å². The van der Waals surface area contributed by atoms with Gasteiger partial charge in [0, 0.05) is 18.4 Å².